The van der Waals surface area contributed by atoms with E-state index >= 15 is 0 Å². The third kappa shape index (κ3) is 1.67. The first-order valence-corrected chi connectivity index (χ1v) is 3.91. The highest BCUT2D eigenvalue weighted by atomic mass is 19.1. The second-order valence-electron chi connectivity index (χ2n) is 2.72. The second-order valence-corrected chi connectivity index (χ2v) is 2.72. The number of nitrogen functional groups attached to an aromatic ring is 1. The van der Waals surface area contributed by atoms with Crippen LogP contribution in [0.2, 0.25) is 0 Å². The van der Waals surface area contributed by atoms with Crippen LogP contribution in [-0.2, 0) is 0 Å². The van der Waals surface area contributed by atoms with Gasteiger partial charge >= 0.3 is 0 Å². The van der Waals surface area contributed by atoms with E-state index in [1.165, 1.54) is 6.07 Å². The summed E-state index contributed by atoms with van der Waals surface area (Å²) in [7, 11) is 1.91. The molecule has 1 aromatic carbocycles. The lowest BCUT2D eigenvalue weighted by Crippen LogP contribution is -2.15. The van der Waals surface area contributed by atoms with E-state index < -0.39 is 0 Å². The van der Waals surface area contributed by atoms with Crippen molar-refractivity contribution in [2.75, 3.05) is 24.2 Å². The van der Waals surface area contributed by atoms with Crippen LogP contribution in [0.25, 0.3) is 0 Å². The third-order valence-corrected chi connectivity index (χ3v) is 1.90. The van der Waals surface area contributed by atoms with Crippen LogP contribution in [0, 0.1) is 5.82 Å². The third-order valence-electron chi connectivity index (χ3n) is 1.90. The van der Waals surface area contributed by atoms with Crippen LogP contribution < -0.4 is 10.6 Å². The Kier molecular flexibility index (Phi) is 2.53. The zero-order valence-electron chi connectivity index (χ0n) is 7.34. The summed E-state index contributed by atoms with van der Waals surface area (Å²) in [5.74, 6) is -0.354. The summed E-state index contributed by atoms with van der Waals surface area (Å²) in [6, 6.07) is 4.83. The van der Waals surface area contributed by atoms with E-state index in [2.05, 4.69) is 0 Å². The highest BCUT2D eigenvalue weighted by molar-refractivity contribution is 5.53. The van der Waals surface area contributed by atoms with Crippen molar-refractivity contribution in [3.05, 3.63) is 24.0 Å². The molecule has 0 amide bonds. The zero-order chi connectivity index (χ0) is 9.14. The van der Waals surface area contributed by atoms with Crippen molar-refractivity contribution in [3.8, 4) is 0 Å². The Morgan fingerprint density at radius 2 is 2.17 bits per heavy atom. The van der Waals surface area contributed by atoms with Crippen molar-refractivity contribution in [2.45, 2.75) is 6.92 Å². The number of anilines is 2. The van der Waals surface area contributed by atoms with E-state index in [4.69, 9.17) is 5.73 Å². The molecular weight excluding hydrogens is 155 g/mol. The Labute approximate surface area is 71.8 Å². The lowest BCUT2D eigenvalue weighted by atomic mass is 10.2. The average Bonchev–Trinajstić information content (AvgIpc) is 2.08. The molecule has 0 atom stereocenters. The fourth-order valence-electron chi connectivity index (χ4n) is 0.936. The fraction of sp³-hybridized carbons (Fsp3) is 0.333. The normalized spacial score (nSPS) is 9.92. The van der Waals surface area contributed by atoms with Gasteiger partial charge in [0.25, 0.3) is 0 Å². The maximum absolute atomic E-state index is 12.9. The van der Waals surface area contributed by atoms with Crippen LogP contribution in [0.4, 0.5) is 15.8 Å². The quantitative estimate of drug-likeness (QED) is 0.683. The lowest BCUT2D eigenvalue weighted by Gasteiger charge is -2.16. The number of hydrogen-bond acceptors (Lipinski definition) is 2. The first-order valence-electron chi connectivity index (χ1n) is 3.91. The van der Waals surface area contributed by atoms with Crippen molar-refractivity contribution in [2.24, 2.45) is 0 Å². The molecule has 12 heavy (non-hydrogen) atoms. The molecule has 0 aliphatic rings. The van der Waals surface area contributed by atoms with E-state index in [9.17, 15) is 4.39 Å². The van der Waals surface area contributed by atoms with Crippen LogP contribution in [-0.4, -0.2) is 13.6 Å². The van der Waals surface area contributed by atoms with E-state index in [0.717, 1.165) is 12.2 Å². The molecule has 0 fully saturated rings. The van der Waals surface area contributed by atoms with Gasteiger partial charge in [-0.3, -0.25) is 0 Å². The predicted octanol–water partition coefficient (Wildman–Crippen LogP) is 1.86. The van der Waals surface area contributed by atoms with Crippen LogP contribution in [0.5, 0.6) is 0 Å². The molecule has 3 heteroatoms. The van der Waals surface area contributed by atoms with Gasteiger partial charge in [-0.2, -0.15) is 0 Å². The number of benzene rings is 1. The Bertz CT molecular complexity index is 273. The summed E-state index contributed by atoms with van der Waals surface area (Å²) in [5.41, 5.74) is 6.39. The van der Waals surface area contributed by atoms with E-state index in [0.29, 0.717) is 0 Å². The predicted molar refractivity (Wildman–Crippen MR) is 49.8 cm³/mol. The molecule has 66 valence electrons. The maximum Gasteiger partial charge on any atom is 0.148 e. The molecule has 0 bridgehead atoms. The van der Waals surface area contributed by atoms with E-state index in [-0.39, 0.29) is 11.5 Å². The smallest absolute Gasteiger partial charge is 0.148 e. The van der Waals surface area contributed by atoms with Gasteiger partial charge in [-0.1, -0.05) is 0 Å². The molecule has 0 saturated heterocycles. The van der Waals surface area contributed by atoms with Crippen LogP contribution in [0.1, 0.15) is 6.92 Å². The molecule has 2 nitrogen and oxygen atoms in total. The molecule has 0 heterocycles. The van der Waals surface area contributed by atoms with Crippen molar-refractivity contribution < 1.29 is 4.39 Å². The summed E-state index contributed by atoms with van der Waals surface area (Å²) >= 11 is 0. The molecule has 0 aliphatic heterocycles. The molecular formula is C9H13FN2. The highest BCUT2D eigenvalue weighted by Crippen LogP contribution is 2.18. The van der Waals surface area contributed by atoms with E-state index in [1.54, 1.807) is 6.07 Å². The van der Waals surface area contributed by atoms with Crippen LogP contribution in [0.3, 0.4) is 0 Å². The first-order chi connectivity index (χ1) is 5.65. The number of nitrogens with two attached hydrogens (primary N) is 1. The van der Waals surface area contributed by atoms with E-state index in [1.807, 2.05) is 24.9 Å². The van der Waals surface area contributed by atoms with Gasteiger partial charge in [0.15, 0.2) is 0 Å². The monoisotopic (exact) mass is 168 g/mol. The van der Waals surface area contributed by atoms with Crippen molar-refractivity contribution in [3.63, 3.8) is 0 Å². The molecule has 1 rings (SSSR count). The molecule has 2 N–H and O–H groups in total. The summed E-state index contributed by atoms with van der Waals surface area (Å²) in [5, 5.41) is 0. The van der Waals surface area contributed by atoms with Crippen molar-refractivity contribution in [1.29, 1.82) is 0 Å². The first kappa shape index (κ1) is 8.84. The minimum absolute atomic E-state index is 0.197. The second kappa shape index (κ2) is 3.43. The molecule has 0 unspecified atom stereocenters. The SMILES string of the molecule is CCN(C)c1ccc(N)c(F)c1. The number of halogens is 1. The molecule has 0 aliphatic carbocycles. The van der Waals surface area contributed by atoms with Crippen LogP contribution >= 0.6 is 0 Å². The molecule has 0 radical (unpaired) electrons. The summed E-state index contributed by atoms with van der Waals surface area (Å²) in [6.07, 6.45) is 0. The number of hydrogen-bond donors (Lipinski definition) is 1. The van der Waals surface area contributed by atoms with Gasteiger partial charge < -0.3 is 10.6 Å². The van der Waals surface area contributed by atoms with Crippen LogP contribution in [0.15, 0.2) is 18.2 Å². The Morgan fingerprint density at radius 1 is 1.50 bits per heavy atom. The molecule has 0 spiro atoms. The Morgan fingerprint density at radius 3 is 2.67 bits per heavy atom. The highest BCUT2D eigenvalue weighted by Gasteiger charge is 2.01. The average molecular weight is 168 g/mol. The van der Waals surface area contributed by atoms with Gasteiger partial charge in [-0.25, -0.2) is 4.39 Å². The topological polar surface area (TPSA) is 29.3 Å². The van der Waals surface area contributed by atoms with Crippen molar-refractivity contribution >= 4 is 11.4 Å². The number of nitrogens with zero attached hydrogens (tertiary/aromatic N) is 1. The largest absolute Gasteiger partial charge is 0.396 e. The Balaban J connectivity index is 2.96. The molecule has 1 aromatic rings. The summed E-state index contributed by atoms with van der Waals surface area (Å²) < 4.78 is 12.9. The minimum atomic E-state index is -0.354. The number of rotatable bonds is 2. The zero-order valence-corrected chi connectivity index (χ0v) is 7.34. The van der Waals surface area contributed by atoms with Gasteiger partial charge in [0, 0.05) is 19.3 Å². The standard InChI is InChI=1S/C9H13FN2/c1-3-12(2)7-4-5-9(11)8(10)6-7/h4-6H,3,11H2,1-2H3. The fourth-order valence-corrected chi connectivity index (χ4v) is 0.936. The van der Waals surface area contributed by atoms with Gasteiger partial charge in [0.2, 0.25) is 0 Å². The summed E-state index contributed by atoms with van der Waals surface area (Å²) in [6.45, 7) is 2.86. The van der Waals surface area contributed by atoms with Gasteiger partial charge in [0.1, 0.15) is 5.82 Å². The van der Waals surface area contributed by atoms with Gasteiger partial charge in [0.05, 0.1) is 5.69 Å². The molecule has 0 aromatic heterocycles. The van der Waals surface area contributed by atoms with Crippen molar-refractivity contribution in [1.82, 2.24) is 0 Å². The summed E-state index contributed by atoms with van der Waals surface area (Å²) in [4.78, 5) is 1.95. The minimum Gasteiger partial charge on any atom is -0.396 e. The van der Waals surface area contributed by atoms with Gasteiger partial charge in [-0.15, -0.1) is 0 Å². The maximum atomic E-state index is 12.9. The lowest BCUT2D eigenvalue weighted by molar-refractivity contribution is 0.632. The molecule has 0 saturated carbocycles. The van der Waals surface area contributed by atoms with Gasteiger partial charge in [-0.05, 0) is 25.1 Å². The Hall–Kier alpha value is -1.25.